The molecule has 0 aromatic rings. The largest absolute Gasteiger partial charge is 0.451 e. The van der Waals surface area contributed by atoms with E-state index >= 15 is 0 Å². The first kappa shape index (κ1) is 9.17. The lowest BCUT2D eigenvalue weighted by Crippen LogP contribution is -2.20. The van der Waals surface area contributed by atoms with E-state index in [2.05, 4.69) is 11.7 Å². The van der Waals surface area contributed by atoms with Crippen LogP contribution in [0.1, 0.15) is 20.8 Å². The van der Waals surface area contributed by atoms with E-state index in [1.165, 1.54) is 0 Å². The Balaban J connectivity index is 3.60. The summed E-state index contributed by atoms with van der Waals surface area (Å²) in [5.41, 5.74) is -0.396. The minimum absolute atomic E-state index is 0.356. The highest BCUT2D eigenvalue weighted by molar-refractivity contribution is 8.74. The Morgan fingerprint density at radius 3 is 2.11 bits per heavy atom. The summed E-state index contributed by atoms with van der Waals surface area (Å²) in [7, 11) is 0.785. The molecule has 0 spiro atoms. The molecule has 0 aromatic heterocycles. The molecule has 0 amide bonds. The quantitative estimate of drug-likeness (QED) is 0.340. The Labute approximate surface area is 64.2 Å². The summed E-state index contributed by atoms with van der Waals surface area (Å²) < 4.78 is 4.83. The van der Waals surface area contributed by atoms with E-state index in [4.69, 9.17) is 4.74 Å². The molecule has 9 heavy (non-hydrogen) atoms. The second-order valence-electron chi connectivity index (χ2n) is 2.56. The van der Waals surface area contributed by atoms with Crippen LogP contribution in [-0.4, -0.2) is 10.9 Å². The third-order valence-electron chi connectivity index (χ3n) is 0.464. The van der Waals surface area contributed by atoms with Gasteiger partial charge in [-0.1, -0.05) is 11.7 Å². The molecule has 0 N–H and O–H groups in total. The SMILES string of the molecule is CC(C)(C)OC(=O)SS. The van der Waals surface area contributed by atoms with Crippen LogP contribution in [-0.2, 0) is 4.74 Å². The van der Waals surface area contributed by atoms with Crippen molar-refractivity contribution in [3.05, 3.63) is 0 Å². The van der Waals surface area contributed by atoms with E-state index < -0.39 is 5.60 Å². The lowest BCUT2D eigenvalue weighted by Gasteiger charge is -2.17. The van der Waals surface area contributed by atoms with Gasteiger partial charge in [0, 0.05) is 10.8 Å². The van der Waals surface area contributed by atoms with Crippen LogP contribution >= 0.6 is 22.5 Å². The predicted molar refractivity (Wildman–Crippen MR) is 42.8 cm³/mol. The van der Waals surface area contributed by atoms with E-state index in [-0.39, 0.29) is 5.30 Å². The highest BCUT2D eigenvalue weighted by Gasteiger charge is 2.14. The molecule has 0 heterocycles. The number of hydrogen-bond donors (Lipinski definition) is 1. The van der Waals surface area contributed by atoms with Crippen molar-refractivity contribution in [3.8, 4) is 0 Å². The third-order valence-corrected chi connectivity index (χ3v) is 1.14. The zero-order chi connectivity index (χ0) is 7.49. The van der Waals surface area contributed by atoms with Gasteiger partial charge < -0.3 is 4.74 Å². The molecule has 0 bridgehead atoms. The fourth-order valence-corrected chi connectivity index (χ4v) is 0.668. The standard InChI is InChI=1S/C5H10O2S2/c1-5(2,3)7-4(6)9-8/h8H,1-3H3. The van der Waals surface area contributed by atoms with Crippen molar-refractivity contribution < 1.29 is 9.53 Å². The molecular weight excluding hydrogens is 156 g/mol. The maximum Gasteiger partial charge on any atom is 0.378 e. The number of ether oxygens (including phenoxy) is 1. The number of carbonyl (C=O) groups is 1. The molecule has 0 aliphatic rings. The number of hydrogen-bond acceptors (Lipinski definition) is 4. The minimum atomic E-state index is -0.396. The lowest BCUT2D eigenvalue weighted by atomic mass is 10.2. The summed E-state index contributed by atoms with van der Waals surface area (Å²) in [5.74, 6) is 0. The lowest BCUT2D eigenvalue weighted by molar-refractivity contribution is 0.0741. The second kappa shape index (κ2) is 3.37. The highest BCUT2D eigenvalue weighted by atomic mass is 33.1. The van der Waals surface area contributed by atoms with Crippen molar-refractivity contribution in [2.24, 2.45) is 0 Å². The van der Waals surface area contributed by atoms with Crippen LogP contribution in [0.5, 0.6) is 0 Å². The number of thiol groups is 1. The Kier molecular flexibility index (Phi) is 3.43. The van der Waals surface area contributed by atoms with Crippen LogP contribution < -0.4 is 0 Å². The molecule has 0 rings (SSSR count). The van der Waals surface area contributed by atoms with Crippen LogP contribution in [0.2, 0.25) is 0 Å². The van der Waals surface area contributed by atoms with Gasteiger partial charge in [0.05, 0.1) is 0 Å². The van der Waals surface area contributed by atoms with Crippen molar-refractivity contribution in [2.45, 2.75) is 26.4 Å². The first-order chi connectivity index (χ1) is 3.95. The van der Waals surface area contributed by atoms with Gasteiger partial charge in [-0.25, -0.2) is 4.79 Å². The molecule has 0 aliphatic carbocycles. The average molecular weight is 166 g/mol. The normalized spacial score (nSPS) is 11.1. The van der Waals surface area contributed by atoms with Crippen molar-refractivity contribution in [1.29, 1.82) is 0 Å². The van der Waals surface area contributed by atoms with E-state index in [9.17, 15) is 4.79 Å². The van der Waals surface area contributed by atoms with Gasteiger partial charge in [-0.15, -0.1) is 0 Å². The van der Waals surface area contributed by atoms with Crippen LogP contribution in [0.3, 0.4) is 0 Å². The van der Waals surface area contributed by atoms with Crippen LogP contribution in [0.15, 0.2) is 0 Å². The molecule has 0 aliphatic heterocycles. The summed E-state index contributed by atoms with van der Waals surface area (Å²) >= 11 is 3.67. The highest BCUT2D eigenvalue weighted by Crippen LogP contribution is 2.16. The fourth-order valence-electron chi connectivity index (χ4n) is 0.269. The van der Waals surface area contributed by atoms with Gasteiger partial charge in [0.1, 0.15) is 5.60 Å². The summed E-state index contributed by atoms with van der Waals surface area (Å²) in [6, 6.07) is 0. The Morgan fingerprint density at radius 1 is 1.56 bits per heavy atom. The van der Waals surface area contributed by atoms with Crippen LogP contribution in [0.4, 0.5) is 4.79 Å². The Morgan fingerprint density at radius 2 is 2.00 bits per heavy atom. The monoisotopic (exact) mass is 166 g/mol. The number of rotatable bonds is 0. The van der Waals surface area contributed by atoms with Crippen LogP contribution in [0.25, 0.3) is 0 Å². The van der Waals surface area contributed by atoms with Gasteiger partial charge in [0.2, 0.25) is 0 Å². The molecule has 2 nitrogen and oxygen atoms in total. The molecule has 0 unspecified atom stereocenters. The van der Waals surface area contributed by atoms with Crippen molar-refractivity contribution in [2.75, 3.05) is 0 Å². The summed E-state index contributed by atoms with van der Waals surface area (Å²) in [6.45, 7) is 5.44. The van der Waals surface area contributed by atoms with Gasteiger partial charge in [-0.3, -0.25) is 0 Å². The predicted octanol–water partition coefficient (Wildman–Crippen LogP) is 2.50. The van der Waals surface area contributed by atoms with Crippen molar-refractivity contribution >= 4 is 27.8 Å². The van der Waals surface area contributed by atoms with E-state index in [0.29, 0.717) is 0 Å². The first-order valence-corrected chi connectivity index (χ1v) is 4.37. The van der Waals surface area contributed by atoms with E-state index in [0.717, 1.165) is 10.8 Å². The summed E-state index contributed by atoms with van der Waals surface area (Å²) in [6.07, 6.45) is 0. The van der Waals surface area contributed by atoms with Gasteiger partial charge in [-0.2, -0.15) is 0 Å². The zero-order valence-electron chi connectivity index (χ0n) is 5.67. The summed E-state index contributed by atoms with van der Waals surface area (Å²) in [4.78, 5) is 10.5. The molecule has 4 heteroatoms. The molecule has 0 fully saturated rings. The van der Waals surface area contributed by atoms with Crippen LogP contribution in [0, 0.1) is 0 Å². The Hall–Kier alpha value is 0.170. The second-order valence-corrected chi connectivity index (χ2v) is 3.62. The first-order valence-electron chi connectivity index (χ1n) is 2.50. The molecule has 0 saturated heterocycles. The molecule has 0 radical (unpaired) electrons. The van der Waals surface area contributed by atoms with Gasteiger partial charge >= 0.3 is 5.30 Å². The smallest absolute Gasteiger partial charge is 0.378 e. The van der Waals surface area contributed by atoms with E-state index in [1.54, 1.807) is 0 Å². The van der Waals surface area contributed by atoms with Gasteiger partial charge in [0.25, 0.3) is 0 Å². The van der Waals surface area contributed by atoms with E-state index in [1.807, 2.05) is 20.8 Å². The molecule has 0 aromatic carbocycles. The Bertz CT molecular complexity index is 106. The topological polar surface area (TPSA) is 26.3 Å². The summed E-state index contributed by atoms with van der Waals surface area (Å²) in [5, 5.41) is -0.356. The van der Waals surface area contributed by atoms with Crippen molar-refractivity contribution in [1.82, 2.24) is 0 Å². The van der Waals surface area contributed by atoms with Gasteiger partial charge in [0.15, 0.2) is 0 Å². The molecule has 0 atom stereocenters. The fraction of sp³-hybridized carbons (Fsp3) is 0.800. The maximum atomic E-state index is 10.5. The minimum Gasteiger partial charge on any atom is -0.451 e. The van der Waals surface area contributed by atoms with Gasteiger partial charge in [-0.05, 0) is 20.8 Å². The number of carbonyl (C=O) groups excluding carboxylic acids is 1. The average Bonchev–Trinajstić information content (AvgIpc) is 1.62. The molecular formula is C5H10O2S2. The zero-order valence-corrected chi connectivity index (χ0v) is 7.38. The van der Waals surface area contributed by atoms with Crippen molar-refractivity contribution in [3.63, 3.8) is 0 Å². The molecule has 0 saturated carbocycles. The third kappa shape index (κ3) is 6.05. The maximum absolute atomic E-state index is 10.5. The molecule has 54 valence electrons.